The number of nitrogens with two attached hydrogens (primary N) is 1. The van der Waals surface area contributed by atoms with Crippen LogP contribution in [0.1, 0.15) is 25.2 Å². The van der Waals surface area contributed by atoms with Crippen molar-refractivity contribution in [3.8, 4) is 0 Å². The largest absolute Gasteiger partial charge is 0.433 e. The second kappa shape index (κ2) is 16.6. The lowest BCUT2D eigenvalue weighted by atomic mass is 10.2. The molecule has 0 bridgehead atoms. The molecule has 0 amide bonds. The van der Waals surface area contributed by atoms with Gasteiger partial charge in [-0.25, -0.2) is 53.9 Å². The maximum absolute atomic E-state index is 13.6. The van der Waals surface area contributed by atoms with Gasteiger partial charge in [0.25, 0.3) is 11.1 Å². The molecule has 0 saturated carbocycles. The molecule has 4 aromatic rings. The second-order valence-electron chi connectivity index (χ2n) is 9.31. The Hall–Kier alpha value is -4.97. The van der Waals surface area contributed by atoms with Crippen LogP contribution in [0.25, 0.3) is 0 Å². The van der Waals surface area contributed by atoms with Crippen molar-refractivity contribution in [1.29, 1.82) is 0 Å². The maximum atomic E-state index is 13.6. The summed E-state index contributed by atoms with van der Waals surface area (Å²) in [6, 6.07) is 0.649. The summed E-state index contributed by atoms with van der Waals surface area (Å²) in [5.41, 5.74) is -3.20. The number of aromatic nitrogens is 4. The lowest BCUT2D eigenvalue weighted by Crippen LogP contribution is -2.26. The number of rotatable bonds is 5. The molecule has 0 aliphatic rings. The van der Waals surface area contributed by atoms with Crippen molar-refractivity contribution < 1.29 is 70.2 Å². The number of halogens is 16. The van der Waals surface area contributed by atoms with Crippen molar-refractivity contribution in [1.82, 2.24) is 19.1 Å². The molecule has 52 heavy (non-hydrogen) atoms. The number of hydrogen-bond acceptors (Lipinski definition) is 7. The quantitative estimate of drug-likeness (QED) is 0.0533. The van der Waals surface area contributed by atoms with Crippen LogP contribution in [0.4, 0.5) is 87.6 Å². The summed E-state index contributed by atoms with van der Waals surface area (Å²) in [4.78, 5) is 29.4. The third-order valence-electron chi connectivity index (χ3n) is 6.07. The van der Waals surface area contributed by atoms with Crippen LogP contribution in [0.15, 0.2) is 26.9 Å². The van der Waals surface area contributed by atoms with E-state index in [9.17, 15) is 79.8 Å². The summed E-state index contributed by atoms with van der Waals surface area (Å²) in [7, 11) is 0. The first-order chi connectivity index (χ1) is 23.8. The van der Waals surface area contributed by atoms with Crippen LogP contribution < -0.4 is 22.2 Å². The SMILES string of the molecule is CCn1c(Nc2c(F)c(F)c(F)c(F)c2F)nc(C(F)(F)F)cc1=O.CCn1c(SC)nc(C(F)(F)F)cc1=O.Nc1c(F)c(F)c(F)c(F)c1F. The van der Waals surface area contributed by atoms with Crippen molar-refractivity contribution in [2.24, 2.45) is 0 Å². The van der Waals surface area contributed by atoms with Gasteiger partial charge in [-0.2, -0.15) is 26.3 Å². The average molecular weight is 795 g/mol. The molecule has 8 nitrogen and oxygen atoms in total. The van der Waals surface area contributed by atoms with Gasteiger partial charge in [0.1, 0.15) is 11.4 Å². The minimum absolute atomic E-state index is 0.0809. The number of nitrogens with zero attached hydrogens (tertiary/aromatic N) is 4. The van der Waals surface area contributed by atoms with Gasteiger partial charge in [-0.3, -0.25) is 18.7 Å². The molecule has 0 aliphatic heterocycles. The molecule has 0 atom stereocenters. The summed E-state index contributed by atoms with van der Waals surface area (Å²) in [5, 5.41) is 1.66. The Morgan fingerprint density at radius 1 is 0.615 bits per heavy atom. The van der Waals surface area contributed by atoms with Crippen LogP contribution in [0, 0.1) is 58.2 Å². The Morgan fingerprint density at radius 3 is 1.33 bits per heavy atom. The molecule has 0 aliphatic carbocycles. The van der Waals surface area contributed by atoms with Crippen molar-refractivity contribution >= 4 is 29.1 Å². The van der Waals surface area contributed by atoms with E-state index in [0.29, 0.717) is 17.2 Å². The van der Waals surface area contributed by atoms with Gasteiger partial charge >= 0.3 is 12.4 Å². The Kier molecular flexibility index (Phi) is 13.8. The number of hydrogen-bond donors (Lipinski definition) is 2. The standard InChI is InChI=1S/C13H7F8N3O.C8H9F3N2OS.C6H2F5N/c1-2-24-5(25)3-4(13(19,20)21)22-12(24)23-11-9(17)7(15)6(14)8(16)10(11)18;1-3-13-6(14)4-5(8(9,10)11)12-7(13)15-2;7-1-2(8)4(10)6(12)5(11)3(1)9/h3H,2H2,1H3,(H,22,23);4H,3H2,1-2H3;12H2. The zero-order valence-electron chi connectivity index (χ0n) is 25.7. The minimum atomic E-state index is -5.07. The van der Waals surface area contributed by atoms with Gasteiger partial charge in [-0.15, -0.1) is 0 Å². The number of nitrogen functional groups attached to an aromatic ring is 1. The summed E-state index contributed by atoms with van der Waals surface area (Å²) in [6.07, 6.45) is -8.07. The minimum Gasteiger partial charge on any atom is -0.394 e. The normalized spacial score (nSPS) is 11.4. The smallest absolute Gasteiger partial charge is 0.394 e. The van der Waals surface area contributed by atoms with E-state index in [4.69, 9.17) is 0 Å². The van der Waals surface area contributed by atoms with Crippen LogP contribution in [0.2, 0.25) is 0 Å². The Bertz CT molecular complexity index is 1950. The fourth-order valence-corrected chi connectivity index (χ4v) is 4.21. The first kappa shape index (κ1) is 43.2. The predicted octanol–water partition coefficient (Wildman–Crippen LogP) is 7.69. The Morgan fingerprint density at radius 2 is 0.962 bits per heavy atom. The number of thioether (sulfide) groups is 1. The van der Waals surface area contributed by atoms with Crippen molar-refractivity contribution in [2.75, 3.05) is 17.3 Å². The first-order valence-corrected chi connectivity index (χ1v) is 14.5. The van der Waals surface area contributed by atoms with E-state index in [1.807, 2.05) is 0 Å². The highest BCUT2D eigenvalue weighted by molar-refractivity contribution is 7.98. The van der Waals surface area contributed by atoms with Crippen LogP contribution in [0.5, 0.6) is 0 Å². The van der Waals surface area contributed by atoms with Gasteiger partial charge < -0.3 is 11.1 Å². The van der Waals surface area contributed by atoms with E-state index in [1.165, 1.54) is 11.5 Å². The molecule has 2 aromatic heterocycles. The van der Waals surface area contributed by atoms with Crippen molar-refractivity contribution in [3.63, 3.8) is 0 Å². The molecule has 2 heterocycles. The fourth-order valence-electron chi connectivity index (χ4n) is 3.58. The van der Waals surface area contributed by atoms with Crippen LogP contribution in [-0.4, -0.2) is 25.4 Å². The zero-order chi connectivity index (χ0) is 40.2. The lowest BCUT2D eigenvalue weighted by Gasteiger charge is -2.16. The predicted molar refractivity (Wildman–Crippen MR) is 150 cm³/mol. The van der Waals surface area contributed by atoms with Crippen LogP contribution >= 0.6 is 11.8 Å². The molecule has 0 unspecified atom stereocenters. The van der Waals surface area contributed by atoms with E-state index in [2.05, 4.69) is 15.7 Å². The molecular weight excluding hydrogens is 776 g/mol. The molecule has 2 aromatic carbocycles. The highest BCUT2D eigenvalue weighted by Gasteiger charge is 2.35. The number of alkyl halides is 6. The third-order valence-corrected chi connectivity index (χ3v) is 6.74. The molecule has 0 radical (unpaired) electrons. The second-order valence-corrected chi connectivity index (χ2v) is 10.1. The maximum Gasteiger partial charge on any atom is 0.433 e. The van der Waals surface area contributed by atoms with Gasteiger partial charge in [0.05, 0.1) is 0 Å². The molecular formula is C27H18F16N6O2S. The zero-order valence-corrected chi connectivity index (χ0v) is 26.5. The monoisotopic (exact) mass is 794 g/mol. The van der Waals surface area contributed by atoms with Gasteiger partial charge in [-0.1, -0.05) is 11.8 Å². The Labute approximate surface area is 282 Å². The number of benzene rings is 2. The number of anilines is 3. The summed E-state index contributed by atoms with van der Waals surface area (Å²) >= 11 is 1.02. The van der Waals surface area contributed by atoms with Gasteiger partial charge in [0.2, 0.25) is 17.6 Å². The first-order valence-electron chi connectivity index (χ1n) is 13.3. The summed E-state index contributed by atoms with van der Waals surface area (Å²) < 4.78 is 204. The topological polar surface area (TPSA) is 108 Å². The van der Waals surface area contributed by atoms with Gasteiger partial charge in [0, 0.05) is 25.2 Å². The lowest BCUT2D eigenvalue weighted by molar-refractivity contribution is -0.142. The van der Waals surface area contributed by atoms with E-state index in [1.54, 1.807) is 18.5 Å². The molecule has 0 saturated heterocycles. The summed E-state index contributed by atoms with van der Waals surface area (Å²) in [5.74, 6) is -23.0. The molecule has 0 fully saturated rings. The van der Waals surface area contributed by atoms with E-state index < -0.39 is 110 Å². The third kappa shape index (κ3) is 9.27. The summed E-state index contributed by atoms with van der Waals surface area (Å²) in [6.45, 7) is 2.98. The molecule has 4 rings (SSSR count). The van der Waals surface area contributed by atoms with E-state index >= 15 is 0 Å². The van der Waals surface area contributed by atoms with Crippen molar-refractivity contribution in [3.05, 3.63) is 102 Å². The van der Waals surface area contributed by atoms with Crippen LogP contribution in [-0.2, 0) is 25.4 Å². The van der Waals surface area contributed by atoms with Crippen LogP contribution in [0.3, 0.4) is 0 Å². The van der Waals surface area contributed by atoms with E-state index in [-0.39, 0.29) is 17.8 Å². The highest BCUT2D eigenvalue weighted by atomic mass is 32.2. The van der Waals surface area contributed by atoms with Crippen molar-refractivity contribution in [2.45, 2.75) is 44.4 Å². The molecule has 25 heteroatoms. The Balaban J connectivity index is 0.000000295. The average Bonchev–Trinajstić information content (AvgIpc) is 3.08. The molecule has 286 valence electrons. The van der Waals surface area contributed by atoms with Gasteiger partial charge in [-0.05, 0) is 20.1 Å². The van der Waals surface area contributed by atoms with Gasteiger partial charge in [0.15, 0.2) is 63.1 Å². The molecule has 3 N–H and O–H groups in total. The fraction of sp³-hybridized carbons (Fsp3) is 0.259. The van der Waals surface area contributed by atoms with E-state index in [0.717, 1.165) is 11.8 Å². The molecule has 0 spiro atoms. The highest BCUT2D eigenvalue weighted by Crippen LogP contribution is 2.32. The number of nitrogens with one attached hydrogen (secondary N) is 1.